The van der Waals surface area contributed by atoms with Crippen molar-refractivity contribution >= 4 is 0 Å². The first-order valence-electron chi connectivity index (χ1n) is 4.81. The summed E-state index contributed by atoms with van der Waals surface area (Å²) in [5, 5.41) is 0. The molecule has 0 aromatic rings. The number of rotatable bonds is 1. The van der Waals surface area contributed by atoms with Crippen molar-refractivity contribution in [2.75, 3.05) is 20.1 Å². The normalized spacial score (nSPS) is 36.8. The van der Waals surface area contributed by atoms with Crippen molar-refractivity contribution in [1.29, 1.82) is 0 Å². The first kappa shape index (κ1) is 10.0. The van der Waals surface area contributed by atoms with Crippen molar-refractivity contribution in [2.24, 2.45) is 11.1 Å². The number of likely N-dealkylation sites (tertiary alicyclic amines) is 1. The first-order valence-corrected chi connectivity index (χ1v) is 4.81. The van der Waals surface area contributed by atoms with Crippen molar-refractivity contribution in [1.82, 2.24) is 4.90 Å². The van der Waals surface area contributed by atoms with Gasteiger partial charge in [0.25, 0.3) is 0 Å². The third kappa shape index (κ3) is 1.80. The predicted octanol–water partition coefficient (Wildman–Crippen LogP) is 1.46. The van der Waals surface area contributed by atoms with E-state index in [1.54, 1.807) is 0 Å². The van der Waals surface area contributed by atoms with Gasteiger partial charge in [0.2, 0.25) is 0 Å². The Labute approximate surface area is 76.1 Å². The molecule has 72 valence electrons. The SMILES string of the molecule is CN1CCC(C)(CN)CC1(C)C. The molecule has 2 heteroatoms. The second kappa shape index (κ2) is 3.00. The second-order valence-electron chi connectivity index (χ2n) is 5.18. The van der Waals surface area contributed by atoms with Crippen LogP contribution in [0.1, 0.15) is 33.6 Å². The minimum absolute atomic E-state index is 0.326. The van der Waals surface area contributed by atoms with Crippen LogP contribution in [-0.4, -0.2) is 30.6 Å². The van der Waals surface area contributed by atoms with Crippen LogP contribution in [0.3, 0.4) is 0 Å². The maximum atomic E-state index is 5.79. The van der Waals surface area contributed by atoms with Crippen molar-refractivity contribution in [3.63, 3.8) is 0 Å². The quantitative estimate of drug-likeness (QED) is 0.645. The van der Waals surface area contributed by atoms with Gasteiger partial charge in [-0.1, -0.05) is 6.92 Å². The van der Waals surface area contributed by atoms with Gasteiger partial charge in [-0.3, -0.25) is 0 Å². The Kier molecular flexibility index (Phi) is 2.50. The van der Waals surface area contributed by atoms with E-state index in [1.165, 1.54) is 19.4 Å². The molecule has 1 aliphatic rings. The second-order valence-corrected chi connectivity index (χ2v) is 5.18. The molecule has 0 radical (unpaired) electrons. The fraction of sp³-hybridized carbons (Fsp3) is 1.00. The molecular weight excluding hydrogens is 148 g/mol. The van der Waals surface area contributed by atoms with Crippen molar-refractivity contribution in [3.05, 3.63) is 0 Å². The van der Waals surface area contributed by atoms with E-state index in [0.717, 1.165) is 6.54 Å². The summed E-state index contributed by atoms with van der Waals surface area (Å²) in [5.41, 5.74) is 6.48. The molecule has 0 saturated carbocycles. The molecule has 0 amide bonds. The number of piperidine rings is 1. The zero-order valence-corrected chi connectivity index (χ0v) is 8.85. The topological polar surface area (TPSA) is 29.3 Å². The van der Waals surface area contributed by atoms with Crippen LogP contribution in [-0.2, 0) is 0 Å². The molecule has 12 heavy (non-hydrogen) atoms. The van der Waals surface area contributed by atoms with E-state index in [4.69, 9.17) is 5.73 Å². The Balaban J connectivity index is 2.68. The Morgan fingerprint density at radius 2 is 1.92 bits per heavy atom. The highest BCUT2D eigenvalue weighted by atomic mass is 15.2. The van der Waals surface area contributed by atoms with Gasteiger partial charge in [0.05, 0.1) is 0 Å². The van der Waals surface area contributed by atoms with Crippen LogP contribution >= 0.6 is 0 Å². The summed E-state index contributed by atoms with van der Waals surface area (Å²) >= 11 is 0. The maximum Gasteiger partial charge on any atom is 0.0155 e. The molecule has 0 aliphatic carbocycles. The fourth-order valence-electron chi connectivity index (χ4n) is 2.18. The molecule has 1 atom stereocenters. The molecule has 1 unspecified atom stereocenters. The Bertz CT molecular complexity index is 162. The van der Waals surface area contributed by atoms with Crippen LogP contribution in [0.2, 0.25) is 0 Å². The first-order chi connectivity index (χ1) is 5.40. The molecule has 1 aliphatic heterocycles. The van der Waals surface area contributed by atoms with Crippen molar-refractivity contribution < 1.29 is 0 Å². The van der Waals surface area contributed by atoms with Crippen LogP contribution < -0.4 is 5.73 Å². The summed E-state index contributed by atoms with van der Waals surface area (Å²) in [5.74, 6) is 0. The molecule has 2 N–H and O–H groups in total. The molecule has 0 bridgehead atoms. The number of hydrogen-bond donors (Lipinski definition) is 1. The molecule has 0 aromatic carbocycles. The molecule has 1 rings (SSSR count). The predicted molar refractivity (Wildman–Crippen MR) is 53.1 cm³/mol. The van der Waals surface area contributed by atoms with Gasteiger partial charge < -0.3 is 10.6 Å². The zero-order valence-electron chi connectivity index (χ0n) is 8.85. The summed E-state index contributed by atoms with van der Waals surface area (Å²) in [6.45, 7) is 8.92. The summed E-state index contributed by atoms with van der Waals surface area (Å²) in [7, 11) is 2.20. The van der Waals surface area contributed by atoms with Crippen LogP contribution in [0.15, 0.2) is 0 Å². The van der Waals surface area contributed by atoms with Gasteiger partial charge in [-0.15, -0.1) is 0 Å². The van der Waals surface area contributed by atoms with E-state index in [-0.39, 0.29) is 0 Å². The molecule has 1 saturated heterocycles. The summed E-state index contributed by atoms with van der Waals surface area (Å²) in [4.78, 5) is 2.43. The third-order valence-electron chi connectivity index (χ3n) is 3.44. The lowest BCUT2D eigenvalue weighted by molar-refractivity contribution is 0.0289. The Hall–Kier alpha value is -0.0800. The number of hydrogen-bond acceptors (Lipinski definition) is 2. The van der Waals surface area contributed by atoms with Crippen LogP contribution in [0.25, 0.3) is 0 Å². The van der Waals surface area contributed by atoms with Crippen LogP contribution in [0.5, 0.6) is 0 Å². The standard InChI is InChI=1S/C10H22N2/c1-9(2)7-10(3,8-11)5-6-12(9)4/h5-8,11H2,1-4H3. The summed E-state index contributed by atoms with van der Waals surface area (Å²) < 4.78 is 0. The summed E-state index contributed by atoms with van der Waals surface area (Å²) in [6, 6.07) is 0. The molecule has 0 aromatic heterocycles. The highest BCUT2D eigenvalue weighted by Gasteiger charge is 2.38. The van der Waals surface area contributed by atoms with E-state index in [1.807, 2.05) is 0 Å². The molecule has 1 heterocycles. The van der Waals surface area contributed by atoms with Gasteiger partial charge in [-0.2, -0.15) is 0 Å². The average molecular weight is 170 g/mol. The van der Waals surface area contributed by atoms with E-state index >= 15 is 0 Å². The monoisotopic (exact) mass is 170 g/mol. The zero-order chi connectivity index (χ0) is 9.41. The maximum absolute atomic E-state index is 5.79. The van der Waals surface area contributed by atoms with Gasteiger partial charge in [-0.25, -0.2) is 0 Å². The summed E-state index contributed by atoms with van der Waals surface area (Å²) in [6.07, 6.45) is 2.45. The van der Waals surface area contributed by atoms with Crippen LogP contribution in [0, 0.1) is 5.41 Å². The molecule has 2 nitrogen and oxygen atoms in total. The van der Waals surface area contributed by atoms with Gasteiger partial charge in [-0.05, 0) is 52.2 Å². The molecular formula is C10H22N2. The minimum atomic E-state index is 0.326. The minimum Gasteiger partial charge on any atom is -0.330 e. The highest BCUT2D eigenvalue weighted by molar-refractivity contribution is 4.94. The number of nitrogens with zero attached hydrogens (tertiary/aromatic N) is 1. The lowest BCUT2D eigenvalue weighted by Crippen LogP contribution is -2.52. The van der Waals surface area contributed by atoms with Crippen molar-refractivity contribution in [3.8, 4) is 0 Å². The van der Waals surface area contributed by atoms with E-state index in [2.05, 4.69) is 32.7 Å². The Morgan fingerprint density at radius 1 is 1.33 bits per heavy atom. The molecule has 0 spiro atoms. The molecule has 1 fully saturated rings. The van der Waals surface area contributed by atoms with Gasteiger partial charge in [0.1, 0.15) is 0 Å². The smallest absolute Gasteiger partial charge is 0.0155 e. The lowest BCUT2D eigenvalue weighted by atomic mass is 9.72. The highest BCUT2D eigenvalue weighted by Crippen LogP contribution is 2.38. The van der Waals surface area contributed by atoms with E-state index in [9.17, 15) is 0 Å². The third-order valence-corrected chi connectivity index (χ3v) is 3.44. The largest absolute Gasteiger partial charge is 0.330 e. The van der Waals surface area contributed by atoms with E-state index in [0.29, 0.717) is 11.0 Å². The van der Waals surface area contributed by atoms with Crippen LogP contribution in [0.4, 0.5) is 0 Å². The van der Waals surface area contributed by atoms with Gasteiger partial charge in [0, 0.05) is 5.54 Å². The number of nitrogens with two attached hydrogens (primary N) is 1. The Morgan fingerprint density at radius 3 is 2.33 bits per heavy atom. The van der Waals surface area contributed by atoms with Gasteiger partial charge in [0.15, 0.2) is 0 Å². The van der Waals surface area contributed by atoms with Gasteiger partial charge >= 0.3 is 0 Å². The van der Waals surface area contributed by atoms with E-state index < -0.39 is 0 Å². The van der Waals surface area contributed by atoms with Crippen molar-refractivity contribution in [2.45, 2.75) is 39.2 Å². The lowest BCUT2D eigenvalue weighted by Gasteiger charge is -2.48. The fourth-order valence-corrected chi connectivity index (χ4v) is 2.18. The average Bonchev–Trinajstić information content (AvgIpc) is 1.97.